The Morgan fingerprint density at radius 3 is 2.43 bits per heavy atom. The summed E-state index contributed by atoms with van der Waals surface area (Å²) in [6, 6.07) is 5.24. The van der Waals surface area contributed by atoms with Crippen LogP contribution in [0.3, 0.4) is 0 Å². The number of hydrogen-bond donors (Lipinski definition) is 2. The number of guanidine groups is 1. The van der Waals surface area contributed by atoms with Crippen LogP contribution in [0.2, 0.25) is 10.0 Å². The summed E-state index contributed by atoms with van der Waals surface area (Å²) in [5.74, 6) is 0.537. The van der Waals surface area contributed by atoms with Gasteiger partial charge < -0.3 is 10.6 Å². The number of nitrogens with one attached hydrogen (secondary N) is 2. The van der Waals surface area contributed by atoms with E-state index < -0.39 is 14.6 Å². The zero-order valence-electron chi connectivity index (χ0n) is 13.8. The Bertz CT molecular complexity index is 673. The number of benzene rings is 1. The van der Waals surface area contributed by atoms with Gasteiger partial charge in [0.2, 0.25) is 0 Å². The van der Waals surface area contributed by atoms with Crippen molar-refractivity contribution >= 4 is 39.0 Å². The molecule has 2 N–H and O–H groups in total. The van der Waals surface area contributed by atoms with E-state index >= 15 is 0 Å². The topological polar surface area (TPSA) is 70.6 Å². The Hall–Kier alpha value is -0.980. The Balaban J connectivity index is 2.81. The summed E-state index contributed by atoms with van der Waals surface area (Å²) < 4.78 is 22.6. The van der Waals surface area contributed by atoms with Crippen molar-refractivity contribution in [2.45, 2.75) is 32.1 Å². The largest absolute Gasteiger partial charge is 0.357 e. The minimum absolute atomic E-state index is 0.256. The molecule has 8 heteroatoms. The normalized spacial score (nSPS) is 13.0. The van der Waals surface area contributed by atoms with Crippen LogP contribution in [0.25, 0.3) is 0 Å². The molecule has 0 aliphatic heterocycles. The van der Waals surface area contributed by atoms with E-state index in [1.165, 1.54) is 6.26 Å². The molecule has 23 heavy (non-hydrogen) atoms. The average molecular weight is 380 g/mol. The summed E-state index contributed by atoms with van der Waals surface area (Å²) in [6.45, 7) is 6.58. The lowest BCUT2D eigenvalue weighted by molar-refractivity contribution is 0.544. The third-order valence-corrected chi connectivity index (χ3v) is 6.19. The molecule has 0 aliphatic carbocycles. The van der Waals surface area contributed by atoms with Crippen molar-refractivity contribution < 1.29 is 8.42 Å². The first-order valence-electron chi connectivity index (χ1n) is 7.22. The Kier molecular flexibility index (Phi) is 7.17. The van der Waals surface area contributed by atoms with Crippen molar-refractivity contribution in [3.63, 3.8) is 0 Å². The van der Waals surface area contributed by atoms with Crippen LogP contribution in [0.1, 0.15) is 26.3 Å². The smallest absolute Gasteiger partial charge is 0.191 e. The third-order valence-electron chi connectivity index (χ3n) is 3.45. The Morgan fingerprint density at radius 1 is 1.26 bits per heavy atom. The predicted molar refractivity (Wildman–Crippen MR) is 98.2 cm³/mol. The average Bonchev–Trinajstić information content (AvgIpc) is 2.42. The number of halogens is 2. The molecule has 0 radical (unpaired) electrons. The van der Waals surface area contributed by atoms with Crippen LogP contribution < -0.4 is 10.6 Å². The molecule has 0 bridgehead atoms. The maximum atomic E-state index is 11.7. The van der Waals surface area contributed by atoms with Gasteiger partial charge in [-0.25, -0.2) is 13.4 Å². The molecule has 0 amide bonds. The molecule has 130 valence electrons. The van der Waals surface area contributed by atoms with Crippen LogP contribution in [0.4, 0.5) is 0 Å². The molecule has 0 spiro atoms. The second-order valence-corrected chi connectivity index (χ2v) is 9.31. The fourth-order valence-electron chi connectivity index (χ4n) is 1.58. The van der Waals surface area contributed by atoms with Gasteiger partial charge in [-0.1, -0.05) is 29.3 Å². The highest BCUT2D eigenvalue weighted by Gasteiger charge is 2.30. The van der Waals surface area contributed by atoms with Crippen LogP contribution in [0.5, 0.6) is 0 Å². The molecule has 0 unspecified atom stereocenters. The summed E-state index contributed by atoms with van der Waals surface area (Å²) in [5, 5.41) is 7.26. The SMILES string of the molecule is CCNC(=NCc1ccc(Cl)cc1Cl)NCC(C)(C)S(C)(=O)=O. The van der Waals surface area contributed by atoms with Crippen LogP contribution >= 0.6 is 23.2 Å². The van der Waals surface area contributed by atoms with E-state index in [2.05, 4.69) is 15.6 Å². The lowest BCUT2D eigenvalue weighted by atomic mass is 10.2. The monoisotopic (exact) mass is 379 g/mol. The summed E-state index contributed by atoms with van der Waals surface area (Å²) in [4.78, 5) is 4.43. The standard InChI is InChI=1S/C15H23Cl2N3O2S/c1-5-18-14(20-10-15(2,3)23(4,21)22)19-9-11-6-7-12(16)8-13(11)17/h6-8H,5,9-10H2,1-4H3,(H2,18,19,20). The fraction of sp³-hybridized carbons (Fsp3) is 0.533. The van der Waals surface area contributed by atoms with E-state index in [0.29, 0.717) is 29.1 Å². The summed E-state index contributed by atoms with van der Waals surface area (Å²) in [7, 11) is -3.17. The first kappa shape index (κ1) is 20.1. The maximum Gasteiger partial charge on any atom is 0.191 e. The summed E-state index contributed by atoms with van der Waals surface area (Å²) >= 11 is 12.0. The van der Waals surface area contributed by atoms with E-state index in [1.54, 1.807) is 26.0 Å². The number of rotatable bonds is 6. The van der Waals surface area contributed by atoms with Crippen molar-refractivity contribution in [3.8, 4) is 0 Å². The van der Waals surface area contributed by atoms with Gasteiger partial charge in [-0.05, 0) is 38.5 Å². The molecule has 0 heterocycles. The van der Waals surface area contributed by atoms with E-state index in [1.807, 2.05) is 13.0 Å². The molecule has 0 aromatic heterocycles. The quantitative estimate of drug-likeness (QED) is 0.588. The van der Waals surface area contributed by atoms with Crippen molar-refractivity contribution in [1.82, 2.24) is 10.6 Å². The van der Waals surface area contributed by atoms with Gasteiger partial charge in [0.1, 0.15) is 0 Å². The molecular weight excluding hydrogens is 357 g/mol. The molecule has 0 saturated carbocycles. The van der Waals surface area contributed by atoms with Crippen LogP contribution in [-0.2, 0) is 16.4 Å². The van der Waals surface area contributed by atoms with Crippen LogP contribution in [0.15, 0.2) is 23.2 Å². The van der Waals surface area contributed by atoms with E-state index in [4.69, 9.17) is 23.2 Å². The van der Waals surface area contributed by atoms with Gasteiger partial charge in [-0.2, -0.15) is 0 Å². The third kappa shape index (κ3) is 6.20. The van der Waals surface area contributed by atoms with Crippen molar-refractivity contribution in [2.75, 3.05) is 19.3 Å². The van der Waals surface area contributed by atoms with Gasteiger partial charge in [0, 0.05) is 29.4 Å². The minimum Gasteiger partial charge on any atom is -0.357 e. The van der Waals surface area contributed by atoms with Crippen molar-refractivity contribution in [2.24, 2.45) is 4.99 Å². The number of sulfone groups is 1. The zero-order chi connectivity index (χ0) is 17.7. The van der Waals surface area contributed by atoms with Crippen LogP contribution in [0, 0.1) is 0 Å². The van der Waals surface area contributed by atoms with Gasteiger partial charge in [-0.3, -0.25) is 0 Å². The van der Waals surface area contributed by atoms with Crippen molar-refractivity contribution in [3.05, 3.63) is 33.8 Å². The summed E-state index contributed by atoms with van der Waals surface area (Å²) in [5.41, 5.74) is 0.843. The lowest BCUT2D eigenvalue weighted by Crippen LogP contribution is -2.47. The van der Waals surface area contributed by atoms with E-state index in [-0.39, 0.29) is 6.54 Å². The Morgan fingerprint density at radius 2 is 1.91 bits per heavy atom. The molecule has 5 nitrogen and oxygen atoms in total. The van der Waals surface area contributed by atoms with Gasteiger partial charge in [0.25, 0.3) is 0 Å². The second kappa shape index (κ2) is 8.22. The highest BCUT2D eigenvalue weighted by atomic mass is 35.5. The van der Waals surface area contributed by atoms with Crippen molar-refractivity contribution in [1.29, 1.82) is 0 Å². The number of nitrogens with zero attached hydrogens (tertiary/aromatic N) is 1. The first-order valence-corrected chi connectivity index (χ1v) is 9.87. The molecular formula is C15H23Cl2N3O2S. The van der Waals surface area contributed by atoms with E-state index in [0.717, 1.165) is 5.56 Å². The second-order valence-electron chi connectivity index (χ2n) is 5.82. The number of aliphatic imine (C=N–C) groups is 1. The van der Waals surface area contributed by atoms with Gasteiger partial charge in [-0.15, -0.1) is 0 Å². The van der Waals surface area contributed by atoms with Gasteiger partial charge in [0.15, 0.2) is 15.8 Å². The predicted octanol–water partition coefficient (Wildman–Crippen LogP) is 2.87. The highest BCUT2D eigenvalue weighted by molar-refractivity contribution is 7.92. The maximum absolute atomic E-state index is 11.7. The van der Waals surface area contributed by atoms with Crippen LogP contribution in [-0.4, -0.2) is 38.5 Å². The zero-order valence-corrected chi connectivity index (χ0v) is 16.1. The molecule has 1 rings (SSSR count). The Labute approximate surface area is 148 Å². The summed E-state index contributed by atoms with van der Waals surface area (Å²) in [6.07, 6.45) is 1.23. The fourth-order valence-corrected chi connectivity index (χ4v) is 2.39. The van der Waals surface area contributed by atoms with E-state index in [9.17, 15) is 8.42 Å². The van der Waals surface area contributed by atoms with Gasteiger partial charge in [0.05, 0.1) is 11.3 Å². The molecule has 1 aromatic carbocycles. The molecule has 1 aromatic rings. The molecule has 0 atom stereocenters. The first-order chi connectivity index (χ1) is 10.6. The lowest BCUT2D eigenvalue weighted by Gasteiger charge is -2.24. The minimum atomic E-state index is -3.17. The van der Waals surface area contributed by atoms with Gasteiger partial charge >= 0.3 is 0 Å². The highest BCUT2D eigenvalue weighted by Crippen LogP contribution is 2.21. The number of hydrogen-bond acceptors (Lipinski definition) is 3. The molecule has 0 fully saturated rings. The molecule has 0 aliphatic rings. The molecule has 0 saturated heterocycles.